The molecular formula is C16H21BrN2O3. The first kappa shape index (κ1) is 19.9. The van der Waals surface area contributed by atoms with Crippen molar-refractivity contribution in [3.63, 3.8) is 0 Å². The number of halogens is 1. The number of aromatic nitrogens is 1. The first-order valence-electron chi connectivity index (χ1n) is 6.59. The standard InChI is InChI=1S/C13H13NO.C3H7NO2.BrH/c15-13-7-4-9-14(11-13)10-8-12-5-2-1-3-6-12;1-4(2)3(5)6;/h1-7,9,11H,8,10H2;1-2H3,(H,5,6);1H. The lowest BCUT2D eigenvalue weighted by Crippen LogP contribution is -2.35. The van der Waals surface area contributed by atoms with Crippen LogP contribution in [0.15, 0.2) is 54.9 Å². The Hall–Kier alpha value is -2.08. The maximum Gasteiger partial charge on any atom is 0.210 e. The molecule has 6 heteroatoms. The molecule has 2 rings (SSSR count). The lowest BCUT2D eigenvalue weighted by molar-refractivity contribution is -0.696. The van der Waals surface area contributed by atoms with E-state index in [0.717, 1.165) is 17.9 Å². The Morgan fingerprint density at radius 3 is 2.27 bits per heavy atom. The largest absolute Gasteiger partial charge is 0.530 e. The van der Waals surface area contributed by atoms with Gasteiger partial charge < -0.3 is 19.9 Å². The molecule has 1 aromatic carbocycles. The van der Waals surface area contributed by atoms with Crippen LogP contribution in [0.4, 0.5) is 4.79 Å². The number of benzene rings is 1. The molecule has 1 heterocycles. The van der Waals surface area contributed by atoms with Gasteiger partial charge in [-0.2, -0.15) is 0 Å². The number of hydrogen-bond donors (Lipinski definition) is 1. The van der Waals surface area contributed by atoms with Crippen LogP contribution < -0.4 is 9.67 Å². The number of nitrogens with zero attached hydrogens (tertiary/aromatic N) is 2. The molecular weight excluding hydrogens is 348 g/mol. The van der Waals surface area contributed by atoms with Gasteiger partial charge in [0, 0.05) is 26.6 Å². The van der Waals surface area contributed by atoms with E-state index in [1.54, 1.807) is 12.3 Å². The monoisotopic (exact) mass is 368 g/mol. The van der Waals surface area contributed by atoms with Gasteiger partial charge in [-0.15, -0.1) is 17.0 Å². The maximum atomic E-state index is 9.51. The number of carboxylic acid groups (broad SMARTS) is 1. The number of rotatable bonds is 3. The fourth-order valence-corrected chi connectivity index (χ4v) is 1.55. The Morgan fingerprint density at radius 2 is 1.77 bits per heavy atom. The molecule has 1 amide bonds. The summed E-state index contributed by atoms with van der Waals surface area (Å²) in [5.74, 6) is 0.311. The summed E-state index contributed by atoms with van der Waals surface area (Å²) < 4.78 is 1.99. The van der Waals surface area contributed by atoms with Crippen molar-refractivity contribution < 1.29 is 19.6 Å². The first-order chi connectivity index (χ1) is 9.99. The van der Waals surface area contributed by atoms with Crippen molar-refractivity contribution in [1.82, 2.24) is 4.90 Å². The van der Waals surface area contributed by atoms with Crippen LogP contribution in [0.1, 0.15) is 5.56 Å². The summed E-state index contributed by atoms with van der Waals surface area (Å²) in [5, 5.41) is 18.8. The van der Waals surface area contributed by atoms with Crippen LogP contribution in [-0.2, 0) is 13.0 Å². The van der Waals surface area contributed by atoms with Crippen LogP contribution in [0.2, 0.25) is 0 Å². The van der Waals surface area contributed by atoms with E-state index in [9.17, 15) is 15.0 Å². The number of carbonyl (C=O) groups excluding carboxylic acids is 1. The van der Waals surface area contributed by atoms with E-state index in [4.69, 9.17) is 0 Å². The highest BCUT2D eigenvalue weighted by atomic mass is 79.9. The van der Waals surface area contributed by atoms with E-state index in [-0.39, 0.29) is 17.0 Å². The Balaban J connectivity index is 0.000000546. The van der Waals surface area contributed by atoms with Crippen molar-refractivity contribution in [2.75, 3.05) is 14.1 Å². The smallest absolute Gasteiger partial charge is 0.210 e. The molecule has 0 aliphatic heterocycles. The highest BCUT2D eigenvalue weighted by Crippen LogP contribution is 2.02. The van der Waals surface area contributed by atoms with Crippen LogP contribution >= 0.6 is 17.0 Å². The lowest BCUT2D eigenvalue weighted by Gasteiger charge is -2.10. The number of pyridine rings is 1. The molecule has 0 atom stereocenters. The number of aromatic hydroxyl groups is 1. The van der Waals surface area contributed by atoms with E-state index in [1.165, 1.54) is 19.7 Å². The predicted molar refractivity (Wildman–Crippen MR) is 87.9 cm³/mol. The molecule has 0 aliphatic rings. The Labute approximate surface area is 141 Å². The molecule has 0 aliphatic carbocycles. The summed E-state index contributed by atoms with van der Waals surface area (Å²) in [5.41, 5.74) is 1.31. The highest BCUT2D eigenvalue weighted by molar-refractivity contribution is 8.93. The minimum absolute atomic E-state index is 0. The van der Waals surface area contributed by atoms with Gasteiger partial charge in [-0.25, -0.2) is 4.57 Å². The maximum absolute atomic E-state index is 9.51. The van der Waals surface area contributed by atoms with Crippen LogP contribution in [-0.4, -0.2) is 30.2 Å². The predicted octanol–water partition coefficient (Wildman–Crippen LogP) is 1.39. The van der Waals surface area contributed by atoms with Gasteiger partial charge in [0.25, 0.3) is 0 Å². The quantitative estimate of drug-likeness (QED) is 0.832. The number of carbonyl (C=O) groups is 1. The molecule has 120 valence electrons. The fraction of sp³-hybridized carbons (Fsp3) is 0.250. The summed E-state index contributed by atoms with van der Waals surface area (Å²) in [6.07, 6.45) is 3.52. The van der Waals surface area contributed by atoms with Crippen LogP contribution in [0, 0.1) is 0 Å². The average molecular weight is 369 g/mol. The van der Waals surface area contributed by atoms with Gasteiger partial charge in [0.15, 0.2) is 18.5 Å². The molecule has 0 unspecified atom stereocenters. The second-order valence-corrected chi connectivity index (χ2v) is 4.70. The average Bonchev–Trinajstić information content (AvgIpc) is 2.47. The Bertz CT molecular complexity index is 562. The SMILES string of the molecule is Br.CN(C)C(=O)[O-].Oc1ccc[n+](CCc2ccccc2)c1. The number of aryl methyl sites for hydroxylation is 2. The molecule has 0 spiro atoms. The van der Waals surface area contributed by atoms with E-state index < -0.39 is 6.09 Å². The summed E-state index contributed by atoms with van der Waals surface area (Å²) >= 11 is 0. The van der Waals surface area contributed by atoms with Gasteiger partial charge in [0.05, 0.1) is 0 Å². The van der Waals surface area contributed by atoms with Crippen LogP contribution in [0.25, 0.3) is 0 Å². The molecule has 2 aromatic rings. The van der Waals surface area contributed by atoms with Gasteiger partial charge in [-0.1, -0.05) is 30.3 Å². The van der Waals surface area contributed by atoms with Crippen molar-refractivity contribution in [1.29, 1.82) is 0 Å². The van der Waals surface area contributed by atoms with E-state index >= 15 is 0 Å². The summed E-state index contributed by atoms with van der Waals surface area (Å²) in [6.45, 7) is 0.887. The molecule has 22 heavy (non-hydrogen) atoms. The molecule has 1 N–H and O–H groups in total. The highest BCUT2D eigenvalue weighted by Gasteiger charge is 2.01. The molecule has 1 aromatic heterocycles. The van der Waals surface area contributed by atoms with Crippen molar-refractivity contribution in [3.05, 3.63) is 60.4 Å². The Kier molecular flexibility index (Phi) is 9.61. The number of hydrogen-bond acceptors (Lipinski definition) is 3. The zero-order chi connectivity index (χ0) is 15.7. The van der Waals surface area contributed by atoms with Gasteiger partial charge in [0.2, 0.25) is 6.20 Å². The van der Waals surface area contributed by atoms with Gasteiger partial charge in [-0.05, 0) is 11.6 Å². The summed E-state index contributed by atoms with van der Waals surface area (Å²) in [7, 11) is 2.82. The summed E-state index contributed by atoms with van der Waals surface area (Å²) in [6, 6.07) is 13.9. The first-order valence-corrected chi connectivity index (χ1v) is 6.59. The molecule has 0 radical (unpaired) electrons. The van der Waals surface area contributed by atoms with Crippen LogP contribution in [0.3, 0.4) is 0 Å². The zero-order valence-corrected chi connectivity index (χ0v) is 14.4. The van der Waals surface area contributed by atoms with Gasteiger partial charge in [-0.3, -0.25) is 0 Å². The molecule has 0 saturated heterocycles. The molecule has 0 fully saturated rings. The molecule has 0 saturated carbocycles. The van der Waals surface area contributed by atoms with Crippen molar-refractivity contribution >= 4 is 23.1 Å². The number of amides is 1. The third-order valence-electron chi connectivity index (χ3n) is 2.71. The second kappa shape index (κ2) is 10.6. The van der Waals surface area contributed by atoms with E-state index in [0.29, 0.717) is 5.75 Å². The zero-order valence-electron chi connectivity index (χ0n) is 12.7. The van der Waals surface area contributed by atoms with Gasteiger partial charge in [0.1, 0.15) is 6.09 Å². The van der Waals surface area contributed by atoms with E-state index in [1.807, 2.05) is 35.0 Å². The van der Waals surface area contributed by atoms with E-state index in [2.05, 4.69) is 12.1 Å². The fourth-order valence-electron chi connectivity index (χ4n) is 1.55. The summed E-state index contributed by atoms with van der Waals surface area (Å²) in [4.78, 5) is 10.5. The second-order valence-electron chi connectivity index (χ2n) is 4.70. The third-order valence-corrected chi connectivity index (χ3v) is 2.71. The molecule has 0 bridgehead atoms. The minimum atomic E-state index is -1.16. The topological polar surface area (TPSA) is 67.5 Å². The van der Waals surface area contributed by atoms with Crippen molar-refractivity contribution in [2.24, 2.45) is 0 Å². The van der Waals surface area contributed by atoms with Gasteiger partial charge >= 0.3 is 0 Å². The van der Waals surface area contributed by atoms with Crippen LogP contribution in [0.5, 0.6) is 5.75 Å². The molecule has 5 nitrogen and oxygen atoms in total. The van der Waals surface area contributed by atoms with Crippen molar-refractivity contribution in [2.45, 2.75) is 13.0 Å². The third kappa shape index (κ3) is 8.26. The normalized spacial score (nSPS) is 9.00. The van der Waals surface area contributed by atoms with Crippen molar-refractivity contribution in [3.8, 4) is 5.75 Å². The Morgan fingerprint density at radius 1 is 1.18 bits per heavy atom. The minimum Gasteiger partial charge on any atom is -0.530 e. The lowest BCUT2D eigenvalue weighted by atomic mass is 10.1.